The van der Waals surface area contributed by atoms with Gasteiger partial charge in [-0.2, -0.15) is 0 Å². The van der Waals surface area contributed by atoms with Gasteiger partial charge in [0, 0.05) is 16.0 Å². The van der Waals surface area contributed by atoms with Gasteiger partial charge in [-0.1, -0.05) is 50.6 Å². The van der Waals surface area contributed by atoms with Crippen LogP contribution in [0.3, 0.4) is 0 Å². The van der Waals surface area contributed by atoms with Crippen molar-refractivity contribution in [3.8, 4) is 0 Å². The Kier molecular flexibility index (Phi) is 8.15. The molecule has 0 radical (unpaired) electrons. The summed E-state index contributed by atoms with van der Waals surface area (Å²) in [6.45, 7) is 2.94. The summed E-state index contributed by atoms with van der Waals surface area (Å²) in [6.07, 6.45) is 7.33. The van der Waals surface area contributed by atoms with Crippen molar-refractivity contribution >= 4 is 33.4 Å². The van der Waals surface area contributed by atoms with Crippen LogP contribution in [0, 0.1) is 0 Å². The van der Waals surface area contributed by atoms with Crippen molar-refractivity contribution in [3.05, 3.63) is 33.3 Å². The van der Waals surface area contributed by atoms with Crippen LogP contribution >= 0.6 is 27.5 Å². The van der Waals surface area contributed by atoms with Gasteiger partial charge in [-0.3, -0.25) is 4.79 Å². The van der Waals surface area contributed by atoms with E-state index < -0.39 is 0 Å². The molecule has 0 heterocycles. The molecule has 1 amide bonds. The molecular weight excluding hydrogens is 326 g/mol. The average Bonchev–Trinajstić information content (AvgIpc) is 2.40. The highest BCUT2D eigenvalue weighted by atomic mass is 79.9. The predicted octanol–water partition coefficient (Wildman–Crippen LogP) is 5.19. The number of carbonyl (C=O) groups excluding carboxylic acids is 1. The summed E-state index contributed by atoms with van der Waals surface area (Å²) in [5.41, 5.74) is 0.596. The van der Waals surface area contributed by atoms with Gasteiger partial charge in [-0.25, -0.2) is 0 Å². The van der Waals surface area contributed by atoms with Crippen LogP contribution in [-0.2, 0) is 0 Å². The third kappa shape index (κ3) is 6.44. The lowest BCUT2D eigenvalue weighted by Crippen LogP contribution is -2.24. The molecule has 0 saturated heterocycles. The second-order valence-electron chi connectivity index (χ2n) is 4.65. The number of nitrogens with one attached hydrogen (secondary N) is 1. The standard InChI is InChI=1S/C15H21BrClNO/c1-2-3-4-5-6-7-10-18-15(19)13-11-12(17)8-9-14(13)16/h8-9,11H,2-7,10H2,1H3,(H,18,19). The van der Waals surface area contributed by atoms with E-state index >= 15 is 0 Å². The van der Waals surface area contributed by atoms with E-state index in [-0.39, 0.29) is 5.91 Å². The molecule has 106 valence electrons. The average molecular weight is 347 g/mol. The van der Waals surface area contributed by atoms with Crippen LogP contribution in [0.4, 0.5) is 0 Å². The molecule has 0 fully saturated rings. The molecule has 19 heavy (non-hydrogen) atoms. The van der Waals surface area contributed by atoms with E-state index in [1.165, 1.54) is 32.1 Å². The number of halogens is 2. The Morgan fingerprint density at radius 2 is 1.89 bits per heavy atom. The molecule has 2 nitrogen and oxygen atoms in total. The van der Waals surface area contributed by atoms with E-state index in [9.17, 15) is 4.79 Å². The Bertz CT molecular complexity index is 409. The second-order valence-corrected chi connectivity index (χ2v) is 5.94. The monoisotopic (exact) mass is 345 g/mol. The molecular formula is C15H21BrClNO. The molecule has 1 rings (SSSR count). The van der Waals surface area contributed by atoms with Crippen molar-refractivity contribution in [1.29, 1.82) is 0 Å². The number of carbonyl (C=O) groups is 1. The Morgan fingerprint density at radius 3 is 2.63 bits per heavy atom. The van der Waals surface area contributed by atoms with Crippen LogP contribution in [-0.4, -0.2) is 12.5 Å². The SMILES string of the molecule is CCCCCCCCNC(=O)c1cc(Cl)ccc1Br. The summed E-state index contributed by atoms with van der Waals surface area (Å²) >= 11 is 9.25. The first-order chi connectivity index (χ1) is 9.15. The van der Waals surface area contributed by atoms with Crippen molar-refractivity contribution in [2.45, 2.75) is 45.4 Å². The van der Waals surface area contributed by atoms with Gasteiger partial charge in [0.05, 0.1) is 5.56 Å². The fourth-order valence-electron chi connectivity index (χ4n) is 1.87. The molecule has 4 heteroatoms. The van der Waals surface area contributed by atoms with Gasteiger partial charge in [-0.15, -0.1) is 0 Å². The minimum atomic E-state index is -0.0667. The highest BCUT2D eigenvalue weighted by molar-refractivity contribution is 9.10. The van der Waals surface area contributed by atoms with Gasteiger partial charge in [0.2, 0.25) is 0 Å². The van der Waals surface area contributed by atoms with Gasteiger partial charge in [0.25, 0.3) is 5.91 Å². The molecule has 1 N–H and O–H groups in total. The molecule has 1 aromatic carbocycles. The molecule has 0 aliphatic rings. The number of hydrogen-bond acceptors (Lipinski definition) is 1. The molecule has 0 spiro atoms. The van der Waals surface area contributed by atoms with Crippen LogP contribution < -0.4 is 5.32 Å². The summed E-state index contributed by atoms with van der Waals surface area (Å²) in [5.74, 6) is -0.0667. The Hall–Kier alpha value is -0.540. The third-order valence-corrected chi connectivity index (χ3v) is 3.92. The van der Waals surface area contributed by atoms with Crippen molar-refractivity contribution in [2.24, 2.45) is 0 Å². The topological polar surface area (TPSA) is 29.1 Å². The molecule has 0 aliphatic carbocycles. The smallest absolute Gasteiger partial charge is 0.252 e. The maximum Gasteiger partial charge on any atom is 0.252 e. The van der Waals surface area contributed by atoms with Crippen LogP contribution in [0.15, 0.2) is 22.7 Å². The van der Waals surface area contributed by atoms with Crippen molar-refractivity contribution in [1.82, 2.24) is 5.32 Å². The molecule has 0 aliphatic heterocycles. The van der Waals surface area contributed by atoms with Gasteiger partial charge < -0.3 is 5.32 Å². The van der Waals surface area contributed by atoms with Crippen LogP contribution in [0.1, 0.15) is 55.8 Å². The maximum absolute atomic E-state index is 12.0. The molecule has 0 atom stereocenters. The van der Waals surface area contributed by atoms with Crippen molar-refractivity contribution < 1.29 is 4.79 Å². The third-order valence-electron chi connectivity index (χ3n) is 2.99. The molecule has 0 unspecified atom stereocenters. The first-order valence-corrected chi connectivity index (χ1v) is 8.05. The zero-order valence-electron chi connectivity index (χ0n) is 11.3. The summed E-state index contributed by atoms with van der Waals surface area (Å²) in [4.78, 5) is 12.0. The zero-order valence-corrected chi connectivity index (χ0v) is 13.7. The highest BCUT2D eigenvalue weighted by Gasteiger charge is 2.09. The Balaban J connectivity index is 2.26. The highest BCUT2D eigenvalue weighted by Crippen LogP contribution is 2.21. The number of unbranched alkanes of at least 4 members (excludes halogenated alkanes) is 5. The quantitative estimate of drug-likeness (QED) is 0.645. The van der Waals surface area contributed by atoms with E-state index in [1.54, 1.807) is 18.2 Å². The number of benzene rings is 1. The maximum atomic E-state index is 12.0. The first-order valence-electron chi connectivity index (χ1n) is 6.88. The minimum Gasteiger partial charge on any atom is -0.352 e. The first kappa shape index (κ1) is 16.5. The largest absolute Gasteiger partial charge is 0.352 e. The van der Waals surface area contributed by atoms with E-state index in [0.29, 0.717) is 10.6 Å². The summed E-state index contributed by atoms with van der Waals surface area (Å²) in [5, 5.41) is 3.51. The van der Waals surface area contributed by atoms with Crippen LogP contribution in [0.2, 0.25) is 5.02 Å². The number of amides is 1. The Morgan fingerprint density at radius 1 is 1.21 bits per heavy atom. The molecule has 0 saturated carbocycles. The summed E-state index contributed by atoms with van der Waals surface area (Å²) in [6, 6.07) is 5.24. The van der Waals surface area contributed by atoms with Gasteiger partial charge in [0.15, 0.2) is 0 Å². The zero-order chi connectivity index (χ0) is 14.1. The van der Waals surface area contributed by atoms with Gasteiger partial charge >= 0.3 is 0 Å². The van der Waals surface area contributed by atoms with E-state index in [0.717, 1.165) is 17.4 Å². The van der Waals surface area contributed by atoms with Gasteiger partial charge in [-0.05, 0) is 40.5 Å². The van der Waals surface area contributed by atoms with E-state index in [2.05, 4.69) is 28.2 Å². The Labute approximate surface area is 129 Å². The minimum absolute atomic E-state index is 0.0667. The predicted molar refractivity (Wildman–Crippen MR) is 84.9 cm³/mol. The fraction of sp³-hybridized carbons (Fsp3) is 0.533. The van der Waals surface area contributed by atoms with Crippen molar-refractivity contribution in [2.75, 3.05) is 6.54 Å². The fourth-order valence-corrected chi connectivity index (χ4v) is 2.47. The lowest BCUT2D eigenvalue weighted by molar-refractivity contribution is 0.0952. The number of rotatable bonds is 8. The number of hydrogen-bond donors (Lipinski definition) is 1. The van der Waals surface area contributed by atoms with Gasteiger partial charge in [0.1, 0.15) is 0 Å². The van der Waals surface area contributed by atoms with Crippen LogP contribution in [0.5, 0.6) is 0 Å². The normalized spacial score (nSPS) is 10.5. The lowest BCUT2D eigenvalue weighted by Gasteiger charge is -2.07. The lowest BCUT2D eigenvalue weighted by atomic mass is 10.1. The molecule has 0 bridgehead atoms. The summed E-state index contributed by atoms with van der Waals surface area (Å²) in [7, 11) is 0. The van der Waals surface area contributed by atoms with Crippen LogP contribution in [0.25, 0.3) is 0 Å². The summed E-state index contributed by atoms with van der Waals surface area (Å²) < 4.78 is 0.775. The van der Waals surface area contributed by atoms with E-state index in [1.807, 2.05) is 0 Å². The molecule has 1 aromatic rings. The molecule has 0 aromatic heterocycles. The second kappa shape index (κ2) is 9.38. The van der Waals surface area contributed by atoms with Crippen molar-refractivity contribution in [3.63, 3.8) is 0 Å². The van der Waals surface area contributed by atoms with E-state index in [4.69, 9.17) is 11.6 Å².